The van der Waals surface area contributed by atoms with Crippen LogP contribution in [-0.2, 0) is 32.3 Å². The lowest BCUT2D eigenvalue weighted by Gasteiger charge is -2.39. The van der Waals surface area contributed by atoms with Crippen molar-refractivity contribution in [1.29, 1.82) is 0 Å². The number of piperazine rings is 1. The first kappa shape index (κ1) is 18.8. The van der Waals surface area contributed by atoms with E-state index in [2.05, 4.69) is 4.98 Å². The Balaban J connectivity index is 1.81. The SMILES string of the molecule is COCc1nc2ccccc2n1CC(=O)N1CCN(C(C)=O)[C@@H](C(N)=O)C1. The zero-order valence-corrected chi connectivity index (χ0v) is 15.4. The second-order valence-corrected chi connectivity index (χ2v) is 6.51. The summed E-state index contributed by atoms with van der Waals surface area (Å²) in [5.41, 5.74) is 7.05. The fourth-order valence-electron chi connectivity index (χ4n) is 3.41. The summed E-state index contributed by atoms with van der Waals surface area (Å²) >= 11 is 0. The highest BCUT2D eigenvalue weighted by molar-refractivity contribution is 5.88. The van der Waals surface area contributed by atoms with Crippen molar-refractivity contribution in [2.24, 2.45) is 5.73 Å². The Morgan fingerprint density at radius 1 is 1.26 bits per heavy atom. The maximum atomic E-state index is 12.9. The van der Waals surface area contributed by atoms with Gasteiger partial charge in [0.05, 0.1) is 17.6 Å². The lowest BCUT2D eigenvalue weighted by molar-refractivity contribution is -0.146. The molecule has 0 spiro atoms. The van der Waals surface area contributed by atoms with Crippen molar-refractivity contribution in [2.45, 2.75) is 26.1 Å². The van der Waals surface area contributed by atoms with Gasteiger partial charge >= 0.3 is 0 Å². The summed E-state index contributed by atoms with van der Waals surface area (Å²) in [4.78, 5) is 43.8. The van der Waals surface area contributed by atoms with Gasteiger partial charge in [0.15, 0.2) is 0 Å². The van der Waals surface area contributed by atoms with E-state index < -0.39 is 11.9 Å². The van der Waals surface area contributed by atoms with E-state index in [9.17, 15) is 14.4 Å². The molecule has 3 amide bonds. The highest BCUT2D eigenvalue weighted by Gasteiger charge is 2.34. The van der Waals surface area contributed by atoms with E-state index in [0.29, 0.717) is 12.4 Å². The first-order valence-corrected chi connectivity index (χ1v) is 8.69. The van der Waals surface area contributed by atoms with Crippen LogP contribution in [0.3, 0.4) is 0 Å². The number of hydrogen-bond donors (Lipinski definition) is 1. The van der Waals surface area contributed by atoms with Gasteiger partial charge in [0.25, 0.3) is 0 Å². The fraction of sp³-hybridized carbons (Fsp3) is 0.444. The number of rotatable bonds is 5. The largest absolute Gasteiger partial charge is 0.377 e. The summed E-state index contributed by atoms with van der Waals surface area (Å²) in [7, 11) is 1.57. The highest BCUT2D eigenvalue weighted by Crippen LogP contribution is 2.18. The molecule has 1 aliphatic rings. The predicted octanol–water partition coefficient (Wildman–Crippen LogP) is -0.273. The Kier molecular flexibility index (Phi) is 5.41. The predicted molar refractivity (Wildman–Crippen MR) is 97.4 cm³/mol. The van der Waals surface area contributed by atoms with Crippen LogP contribution in [0.1, 0.15) is 12.7 Å². The number of ether oxygens (including phenoxy) is 1. The van der Waals surface area contributed by atoms with Gasteiger partial charge in [0, 0.05) is 27.1 Å². The van der Waals surface area contributed by atoms with E-state index in [1.165, 1.54) is 11.8 Å². The number of nitrogens with two attached hydrogens (primary N) is 1. The number of nitrogens with zero attached hydrogens (tertiary/aromatic N) is 4. The molecule has 2 N–H and O–H groups in total. The molecule has 0 bridgehead atoms. The molecule has 3 rings (SSSR count). The van der Waals surface area contributed by atoms with Crippen molar-refractivity contribution in [3.63, 3.8) is 0 Å². The van der Waals surface area contributed by atoms with Crippen LogP contribution in [0.15, 0.2) is 24.3 Å². The first-order chi connectivity index (χ1) is 12.9. The molecule has 2 aromatic rings. The van der Waals surface area contributed by atoms with E-state index in [1.807, 2.05) is 28.8 Å². The molecule has 1 aliphatic heterocycles. The van der Waals surface area contributed by atoms with Gasteiger partial charge in [-0.1, -0.05) is 12.1 Å². The highest BCUT2D eigenvalue weighted by atomic mass is 16.5. The van der Waals surface area contributed by atoms with E-state index in [0.717, 1.165) is 11.0 Å². The number of amides is 3. The zero-order chi connectivity index (χ0) is 19.6. The number of aromatic nitrogens is 2. The molecule has 0 aliphatic carbocycles. The molecule has 27 heavy (non-hydrogen) atoms. The molecule has 9 nitrogen and oxygen atoms in total. The van der Waals surface area contributed by atoms with Crippen molar-refractivity contribution in [1.82, 2.24) is 19.4 Å². The quantitative estimate of drug-likeness (QED) is 0.775. The zero-order valence-electron chi connectivity index (χ0n) is 15.4. The van der Waals surface area contributed by atoms with Gasteiger partial charge in [-0.3, -0.25) is 14.4 Å². The summed E-state index contributed by atoms with van der Waals surface area (Å²) in [5.74, 6) is -0.351. The van der Waals surface area contributed by atoms with Crippen molar-refractivity contribution >= 4 is 28.8 Å². The number of para-hydroxylation sites is 2. The number of primary amides is 1. The van der Waals surface area contributed by atoms with Crippen LogP contribution in [0.5, 0.6) is 0 Å². The third kappa shape index (κ3) is 3.77. The number of fused-ring (bicyclic) bond motifs is 1. The van der Waals surface area contributed by atoms with Crippen molar-refractivity contribution in [3.8, 4) is 0 Å². The molecule has 0 radical (unpaired) electrons. The van der Waals surface area contributed by atoms with Gasteiger partial charge in [-0.2, -0.15) is 0 Å². The number of hydrogen-bond acceptors (Lipinski definition) is 5. The topological polar surface area (TPSA) is 111 Å². The molecule has 2 heterocycles. The number of imidazole rings is 1. The molecule has 1 fully saturated rings. The van der Waals surface area contributed by atoms with Crippen LogP contribution < -0.4 is 5.73 Å². The summed E-state index contributed by atoms with van der Waals surface area (Å²) < 4.78 is 7.02. The molecule has 144 valence electrons. The molecule has 1 aromatic heterocycles. The van der Waals surface area contributed by atoms with E-state index >= 15 is 0 Å². The van der Waals surface area contributed by atoms with Gasteiger partial charge in [-0.15, -0.1) is 0 Å². The summed E-state index contributed by atoms with van der Waals surface area (Å²) in [6.07, 6.45) is 0. The molecule has 1 atom stereocenters. The normalized spacial score (nSPS) is 17.3. The fourth-order valence-corrected chi connectivity index (χ4v) is 3.41. The van der Waals surface area contributed by atoms with Crippen molar-refractivity contribution in [3.05, 3.63) is 30.1 Å². The Bertz CT molecular complexity index is 878. The standard InChI is InChI=1S/C18H23N5O4/c1-12(24)22-8-7-21(9-15(22)18(19)26)17(25)10-23-14-6-4-3-5-13(14)20-16(23)11-27-2/h3-6,15H,7-11H2,1-2H3,(H2,19,26)/t15-/m1/s1. The second kappa shape index (κ2) is 7.75. The van der Waals surface area contributed by atoms with E-state index in [1.54, 1.807) is 12.0 Å². The molecule has 9 heteroatoms. The maximum Gasteiger partial charge on any atom is 0.242 e. The number of carbonyl (C=O) groups excluding carboxylic acids is 3. The third-order valence-corrected chi connectivity index (χ3v) is 4.77. The molecular weight excluding hydrogens is 350 g/mol. The Morgan fingerprint density at radius 2 is 2.00 bits per heavy atom. The summed E-state index contributed by atoms with van der Waals surface area (Å²) in [6.45, 7) is 2.48. The van der Waals surface area contributed by atoms with Gasteiger partial charge in [-0.25, -0.2) is 4.98 Å². The van der Waals surface area contributed by atoms with Crippen LogP contribution in [0.25, 0.3) is 11.0 Å². The van der Waals surface area contributed by atoms with Gasteiger partial charge < -0.3 is 24.8 Å². The Labute approximate surface area is 156 Å². The monoisotopic (exact) mass is 373 g/mol. The smallest absolute Gasteiger partial charge is 0.242 e. The summed E-state index contributed by atoms with van der Waals surface area (Å²) in [6, 6.07) is 6.74. The minimum atomic E-state index is -0.807. The summed E-state index contributed by atoms with van der Waals surface area (Å²) in [5, 5.41) is 0. The molecule has 0 unspecified atom stereocenters. The van der Waals surface area contributed by atoms with Crippen LogP contribution in [-0.4, -0.2) is 69.9 Å². The molecule has 0 saturated carbocycles. The van der Waals surface area contributed by atoms with Gasteiger partial charge in [-0.05, 0) is 12.1 Å². The average molecular weight is 373 g/mol. The van der Waals surface area contributed by atoms with E-state index in [-0.39, 0.29) is 38.1 Å². The molecule has 1 saturated heterocycles. The maximum absolute atomic E-state index is 12.9. The molecular formula is C18H23N5O4. The van der Waals surface area contributed by atoms with Gasteiger partial charge in [0.1, 0.15) is 25.0 Å². The Morgan fingerprint density at radius 3 is 2.67 bits per heavy atom. The Hall–Kier alpha value is -2.94. The van der Waals surface area contributed by atoms with Crippen LogP contribution >= 0.6 is 0 Å². The van der Waals surface area contributed by atoms with E-state index in [4.69, 9.17) is 10.5 Å². The van der Waals surface area contributed by atoms with Gasteiger partial charge in [0.2, 0.25) is 17.7 Å². The minimum Gasteiger partial charge on any atom is -0.377 e. The second-order valence-electron chi connectivity index (χ2n) is 6.51. The third-order valence-electron chi connectivity index (χ3n) is 4.77. The minimum absolute atomic E-state index is 0.0742. The first-order valence-electron chi connectivity index (χ1n) is 8.69. The van der Waals surface area contributed by atoms with Crippen LogP contribution in [0, 0.1) is 0 Å². The lowest BCUT2D eigenvalue weighted by atomic mass is 10.1. The average Bonchev–Trinajstić information content (AvgIpc) is 2.98. The lowest BCUT2D eigenvalue weighted by Crippen LogP contribution is -2.60. The van der Waals surface area contributed by atoms with Crippen LogP contribution in [0.2, 0.25) is 0 Å². The number of carbonyl (C=O) groups is 3. The van der Waals surface area contributed by atoms with Crippen molar-refractivity contribution in [2.75, 3.05) is 26.7 Å². The van der Waals surface area contributed by atoms with Crippen molar-refractivity contribution < 1.29 is 19.1 Å². The number of methoxy groups -OCH3 is 1. The van der Waals surface area contributed by atoms with Crippen LogP contribution in [0.4, 0.5) is 0 Å². The molecule has 1 aromatic carbocycles. The number of benzene rings is 1.